The molecule has 0 aliphatic carbocycles. The molecule has 1 aliphatic heterocycles. The molecule has 0 saturated carbocycles. The van der Waals surface area contributed by atoms with Crippen molar-refractivity contribution in [2.45, 2.75) is 32.0 Å². The molecule has 0 aromatic rings. The average Bonchev–Trinajstić information content (AvgIpc) is 2.59. The van der Waals surface area contributed by atoms with Crippen LogP contribution in [-0.4, -0.2) is 68.3 Å². The van der Waals surface area contributed by atoms with Crippen LogP contribution in [-0.2, 0) is 10.0 Å². The van der Waals surface area contributed by atoms with Gasteiger partial charge in [0.25, 0.3) is 0 Å². The number of carbonyl (C=O) groups excluding carboxylic acids is 1. The fourth-order valence-corrected chi connectivity index (χ4v) is 2.96. The van der Waals surface area contributed by atoms with Crippen LogP contribution in [0.3, 0.4) is 0 Å². The Labute approximate surface area is 122 Å². The summed E-state index contributed by atoms with van der Waals surface area (Å²) in [7, 11) is -3.35. The Bertz CT molecular complexity index is 467. The summed E-state index contributed by atoms with van der Waals surface area (Å²) in [5, 5.41) is 1.95. The van der Waals surface area contributed by atoms with Gasteiger partial charge < -0.3 is 10.2 Å². The van der Waals surface area contributed by atoms with Crippen LogP contribution >= 0.6 is 0 Å². The van der Waals surface area contributed by atoms with Crippen molar-refractivity contribution in [3.8, 4) is 0 Å². The van der Waals surface area contributed by atoms with E-state index in [4.69, 9.17) is 0 Å². The van der Waals surface area contributed by atoms with Crippen LogP contribution < -0.4 is 5.32 Å². The SMILES string of the molecule is CC[C@H](NC(=O)N1CCCN(S(C)(=O)=O)CC1)C(F)(F)F. The van der Waals surface area contributed by atoms with Gasteiger partial charge in [-0.05, 0) is 12.8 Å². The number of alkyl halides is 3. The van der Waals surface area contributed by atoms with Crippen molar-refractivity contribution in [1.29, 1.82) is 0 Å². The Kier molecular flexibility index (Phi) is 5.85. The van der Waals surface area contributed by atoms with E-state index >= 15 is 0 Å². The highest BCUT2D eigenvalue weighted by molar-refractivity contribution is 7.88. The molecular formula is C11H20F3N3O3S. The first kappa shape index (κ1) is 18.0. The van der Waals surface area contributed by atoms with E-state index in [2.05, 4.69) is 0 Å². The number of amides is 2. The molecule has 0 unspecified atom stereocenters. The lowest BCUT2D eigenvalue weighted by Crippen LogP contribution is -2.51. The predicted octanol–water partition coefficient (Wildman–Crippen LogP) is 1.00. The van der Waals surface area contributed by atoms with Crippen molar-refractivity contribution in [2.24, 2.45) is 0 Å². The summed E-state index contributed by atoms with van der Waals surface area (Å²) in [5.74, 6) is 0. The molecule has 124 valence electrons. The minimum Gasteiger partial charge on any atom is -0.326 e. The molecule has 10 heteroatoms. The third-order valence-electron chi connectivity index (χ3n) is 3.31. The van der Waals surface area contributed by atoms with Crippen LogP contribution in [0.15, 0.2) is 0 Å². The summed E-state index contributed by atoms with van der Waals surface area (Å²) in [4.78, 5) is 13.1. The molecule has 0 spiro atoms. The highest BCUT2D eigenvalue weighted by Gasteiger charge is 2.40. The topological polar surface area (TPSA) is 69.7 Å². The normalized spacial score (nSPS) is 20.0. The van der Waals surface area contributed by atoms with Crippen molar-refractivity contribution < 1.29 is 26.4 Å². The zero-order chi connectivity index (χ0) is 16.3. The van der Waals surface area contributed by atoms with Crippen LogP contribution in [0.4, 0.5) is 18.0 Å². The first-order chi connectivity index (χ1) is 9.55. The van der Waals surface area contributed by atoms with Gasteiger partial charge in [-0.15, -0.1) is 0 Å². The van der Waals surface area contributed by atoms with Gasteiger partial charge in [0.1, 0.15) is 6.04 Å². The summed E-state index contributed by atoms with van der Waals surface area (Å²) in [6.07, 6.45) is -3.28. The van der Waals surface area contributed by atoms with Crippen molar-refractivity contribution in [2.75, 3.05) is 32.4 Å². The maximum absolute atomic E-state index is 12.6. The van der Waals surface area contributed by atoms with E-state index < -0.39 is 28.3 Å². The summed E-state index contributed by atoms with van der Waals surface area (Å²) < 4.78 is 62.0. The van der Waals surface area contributed by atoms with Gasteiger partial charge in [-0.3, -0.25) is 0 Å². The quantitative estimate of drug-likeness (QED) is 0.839. The highest BCUT2D eigenvalue weighted by atomic mass is 32.2. The Morgan fingerprint density at radius 3 is 2.33 bits per heavy atom. The smallest absolute Gasteiger partial charge is 0.326 e. The van der Waals surface area contributed by atoms with Gasteiger partial charge >= 0.3 is 12.2 Å². The molecule has 1 aliphatic rings. The van der Waals surface area contributed by atoms with E-state index in [1.807, 2.05) is 5.32 Å². The van der Waals surface area contributed by atoms with Crippen LogP contribution in [0.5, 0.6) is 0 Å². The maximum Gasteiger partial charge on any atom is 0.408 e. The van der Waals surface area contributed by atoms with Crippen molar-refractivity contribution in [3.63, 3.8) is 0 Å². The van der Waals surface area contributed by atoms with E-state index in [1.54, 1.807) is 0 Å². The number of carbonyl (C=O) groups is 1. The maximum atomic E-state index is 12.6. The lowest BCUT2D eigenvalue weighted by Gasteiger charge is -2.26. The molecule has 0 aromatic heterocycles. The van der Waals surface area contributed by atoms with Gasteiger partial charge in [-0.1, -0.05) is 6.92 Å². The fourth-order valence-electron chi connectivity index (χ4n) is 2.08. The van der Waals surface area contributed by atoms with Crippen LogP contribution in [0.1, 0.15) is 19.8 Å². The number of urea groups is 1. The van der Waals surface area contributed by atoms with E-state index in [0.717, 1.165) is 6.26 Å². The summed E-state index contributed by atoms with van der Waals surface area (Å²) in [6.45, 7) is 2.00. The minimum absolute atomic E-state index is 0.0766. The number of halogens is 3. The second-order valence-electron chi connectivity index (χ2n) is 4.95. The van der Waals surface area contributed by atoms with Gasteiger partial charge in [0.05, 0.1) is 6.26 Å². The number of rotatable bonds is 3. The summed E-state index contributed by atoms with van der Waals surface area (Å²) in [5.41, 5.74) is 0. The number of nitrogens with zero attached hydrogens (tertiary/aromatic N) is 2. The molecule has 0 bridgehead atoms. The van der Waals surface area contributed by atoms with E-state index in [-0.39, 0.29) is 32.6 Å². The van der Waals surface area contributed by atoms with E-state index in [0.29, 0.717) is 6.42 Å². The molecular weight excluding hydrogens is 311 g/mol. The Hall–Kier alpha value is -1.03. The second kappa shape index (κ2) is 6.82. The standard InChI is InChI=1S/C11H20F3N3O3S/c1-3-9(11(12,13)14)15-10(18)16-5-4-6-17(8-7-16)21(2,19)20/h9H,3-8H2,1-2H3,(H,15,18)/t9-/m0/s1. The molecule has 1 saturated heterocycles. The number of hydrogen-bond acceptors (Lipinski definition) is 3. The third-order valence-corrected chi connectivity index (χ3v) is 4.62. The van der Waals surface area contributed by atoms with Crippen LogP contribution in [0.2, 0.25) is 0 Å². The van der Waals surface area contributed by atoms with E-state index in [9.17, 15) is 26.4 Å². The predicted molar refractivity (Wildman–Crippen MR) is 71.3 cm³/mol. The third kappa shape index (κ3) is 5.34. The van der Waals surface area contributed by atoms with Crippen molar-refractivity contribution in [3.05, 3.63) is 0 Å². The van der Waals surface area contributed by atoms with E-state index in [1.165, 1.54) is 16.1 Å². The molecule has 0 aromatic carbocycles. The molecule has 6 nitrogen and oxygen atoms in total. The highest BCUT2D eigenvalue weighted by Crippen LogP contribution is 2.22. The number of nitrogens with one attached hydrogen (secondary N) is 1. The Balaban J connectivity index is 2.64. The molecule has 21 heavy (non-hydrogen) atoms. The van der Waals surface area contributed by atoms with Crippen LogP contribution in [0, 0.1) is 0 Å². The lowest BCUT2D eigenvalue weighted by atomic mass is 10.2. The molecule has 1 rings (SSSR count). The fraction of sp³-hybridized carbons (Fsp3) is 0.909. The molecule has 1 fully saturated rings. The zero-order valence-electron chi connectivity index (χ0n) is 12.0. The second-order valence-corrected chi connectivity index (χ2v) is 6.94. The molecule has 1 heterocycles. The average molecular weight is 331 g/mol. The zero-order valence-corrected chi connectivity index (χ0v) is 12.8. The minimum atomic E-state index is -4.49. The Morgan fingerprint density at radius 2 is 1.86 bits per heavy atom. The number of hydrogen-bond donors (Lipinski definition) is 1. The monoisotopic (exact) mass is 331 g/mol. The van der Waals surface area contributed by atoms with Crippen LogP contribution in [0.25, 0.3) is 0 Å². The number of sulfonamides is 1. The molecule has 1 atom stereocenters. The van der Waals surface area contributed by atoms with Gasteiger partial charge in [0.15, 0.2) is 0 Å². The van der Waals surface area contributed by atoms with Gasteiger partial charge in [0.2, 0.25) is 10.0 Å². The van der Waals surface area contributed by atoms with Crippen molar-refractivity contribution in [1.82, 2.24) is 14.5 Å². The molecule has 0 radical (unpaired) electrons. The first-order valence-corrected chi connectivity index (χ1v) is 8.47. The van der Waals surface area contributed by atoms with Gasteiger partial charge in [-0.2, -0.15) is 13.2 Å². The Morgan fingerprint density at radius 1 is 1.24 bits per heavy atom. The lowest BCUT2D eigenvalue weighted by molar-refractivity contribution is -0.154. The van der Waals surface area contributed by atoms with Crippen molar-refractivity contribution >= 4 is 16.1 Å². The van der Waals surface area contributed by atoms with Gasteiger partial charge in [0, 0.05) is 26.2 Å². The first-order valence-electron chi connectivity index (χ1n) is 6.63. The summed E-state index contributed by atoms with van der Waals surface area (Å²) in [6, 6.07) is -2.70. The van der Waals surface area contributed by atoms with Gasteiger partial charge in [-0.25, -0.2) is 17.5 Å². The largest absolute Gasteiger partial charge is 0.408 e. The molecule has 2 amide bonds. The summed E-state index contributed by atoms with van der Waals surface area (Å²) >= 11 is 0. The molecule has 1 N–H and O–H groups in total.